The van der Waals surface area contributed by atoms with E-state index in [4.69, 9.17) is 0 Å². The predicted molar refractivity (Wildman–Crippen MR) is 42.2 cm³/mol. The Hall–Kier alpha value is 0. The van der Waals surface area contributed by atoms with Gasteiger partial charge in [-0.1, -0.05) is 0 Å². The van der Waals surface area contributed by atoms with Gasteiger partial charge < -0.3 is 0 Å². The first-order valence-corrected chi connectivity index (χ1v) is 5.86. The first kappa shape index (κ1) is 4.48. The summed E-state index contributed by atoms with van der Waals surface area (Å²) in [6.07, 6.45) is 6.86. The highest BCUT2D eigenvalue weighted by atomic mass is 15.3. The maximum Gasteiger partial charge on any atom is -0.00939 e. The molecular formula is C12H12. The van der Waals surface area contributed by atoms with Crippen molar-refractivity contribution in [1.82, 2.24) is 0 Å². The summed E-state index contributed by atoms with van der Waals surface area (Å²) in [4.78, 5) is 0. The van der Waals surface area contributed by atoms with Crippen molar-refractivity contribution < 1.29 is 0 Å². The molecule has 0 heteroatoms. The second-order valence-electron chi connectivity index (χ2n) is 7.22. The minimum atomic E-state index is 1.03. The molecule has 11 saturated carbocycles. The Labute approximate surface area is 71.7 Å². The second kappa shape index (κ2) is 0.688. The minimum absolute atomic E-state index is 1.03. The lowest BCUT2D eigenvalue weighted by Gasteiger charge is -2.83. The minimum Gasteiger partial charge on any atom is -0.0462 e. The van der Waals surface area contributed by atoms with Gasteiger partial charge in [0.1, 0.15) is 0 Å². The molecule has 11 aliphatic carbocycles. The summed E-state index contributed by atoms with van der Waals surface area (Å²) in [5, 5.41) is 0. The van der Waals surface area contributed by atoms with Crippen molar-refractivity contribution in [2.45, 2.75) is 25.7 Å². The maximum absolute atomic E-state index is 1.73. The zero-order valence-electron chi connectivity index (χ0n) is 7.14. The molecule has 60 valence electrons. The van der Waals surface area contributed by atoms with Gasteiger partial charge in [0.05, 0.1) is 0 Å². The van der Waals surface area contributed by atoms with Crippen LogP contribution >= 0.6 is 0 Å². The highest BCUT2D eigenvalue weighted by Crippen LogP contribution is 3.30. The topological polar surface area (TPSA) is 0 Å². The Morgan fingerprint density at radius 1 is 1.08 bits per heavy atom. The molecule has 0 aromatic rings. The predicted octanol–water partition coefficient (Wildman–Crippen LogP) is 2.05. The molecule has 11 aliphatic rings. The summed E-state index contributed by atoms with van der Waals surface area (Å²) in [7, 11) is 0. The molecule has 0 aromatic heterocycles. The quantitative estimate of drug-likeness (QED) is 0.503. The van der Waals surface area contributed by atoms with Crippen LogP contribution < -0.4 is 0 Å². The molecule has 0 aliphatic heterocycles. The van der Waals surface area contributed by atoms with Gasteiger partial charge in [0.25, 0.3) is 0 Å². The van der Waals surface area contributed by atoms with Crippen molar-refractivity contribution in [3.05, 3.63) is 0 Å². The van der Waals surface area contributed by atoms with Crippen molar-refractivity contribution in [2.75, 3.05) is 0 Å². The van der Waals surface area contributed by atoms with Crippen molar-refractivity contribution in [3.8, 4) is 0 Å². The van der Waals surface area contributed by atoms with Gasteiger partial charge in [0.2, 0.25) is 0 Å². The smallest absolute Gasteiger partial charge is 0.00939 e. The van der Waals surface area contributed by atoms with Gasteiger partial charge >= 0.3 is 0 Å². The van der Waals surface area contributed by atoms with Gasteiger partial charge in [-0.3, -0.25) is 0 Å². The Morgan fingerprint density at radius 3 is 2.75 bits per heavy atom. The van der Waals surface area contributed by atoms with Crippen LogP contribution in [-0.2, 0) is 0 Å². The highest BCUT2D eigenvalue weighted by molar-refractivity contribution is 5.72. The standard InChI is InChI=1S/C12H12/c1-5-2-10-6(5)3-9-4-11(10)8(9)12(10,11)7(1)9/h5-8H,1-4H2. The maximum atomic E-state index is 1.73. The van der Waals surface area contributed by atoms with Crippen molar-refractivity contribution >= 4 is 0 Å². The van der Waals surface area contributed by atoms with E-state index in [-0.39, 0.29) is 0 Å². The highest BCUT2D eigenvalue weighted by Gasteiger charge is 3.26. The molecule has 0 N–H and O–H groups in total. The van der Waals surface area contributed by atoms with Crippen LogP contribution in [0.15, 0.2) is 0 Å². The van der Waals surface area contributed by atoms with E-state index in [1.54, 1.807) is 25.7 Å². The zero-order valence-corrected chi connectivity index (χ0v) is 7.14. The molecule has 12 heavy (non-hydrogen) atoms. The zero-order chi connectivity index (χ0) is 7.14. The van der Waals surface area contributed by atoms with Gasteiger partial charge in [-0.25, -0.2) is 0 Å². The summed E-state index contributed by atoms with van der Waals surface area (Å²) >= 11 is 0. The largest absolute Gasteiger partial charge is 0.0462 e. The Morgan fingerprint density at radius 2 is 2.08 bits per heavy atom. The molecule has 8 unspecified atom stereocenters. The van der Waals surface area contributed by atoms with Crippen LogP contribution in [0.2, 0.25) is 0 Å². The van der Waals surface area contributed by atoms with Crippen molar-refractivity contribution in [1.29, 1.82) is 0 Å². The molecule has 0 amide bonds. The van der Waals surface area contributed by atoms with Crippen LogP contribution in [0.1, 0.15) is 25.7 Å². The first-order chi connectivity index (χ1) is 5.86. The molecule has 0 nitrogen and oxygen atoms in total. The van der Waals surface area contributed by atoms with Gasteiger partial charge in [0, 0.05) is 0 Å². The fourth-order valence-corrected chi connectivity index (χ4v) is 9.14. The van der Waals surface area contributed by atoms with Crippen molar-refractivity contribution in [2.24, 2.45) is 45.3 Å². The van der Waals surface area contributed by atoms with Crippen LogP contribution in [0.4, 0.5) is 0 Å². The second-order valence-corrected chi connectivity index (χ2v) is 7.22. The average molecular weight is 156 g/mol. The van der Waals surface area contributed by atoms with Crippen LogP contribution in [-0.4, -0.2) is 0 Å². The van der Waals surface area contributed by atoms with E-state index in [0.717, 1.165) is 21.7 Å². The van der Waals surface area contributed by atoms with Crippen molar-refractivity contribution in [3.63, 3.8) is 0 Å². The third kappa shape index (κ3) is 0.118. The van der Waals surface area contributed by atoms with Gasteiger partial charge in [-0.15, -0.1) is 0 Å². The van der Waals surface area contributed by atoms with Gasteiger partial charge in [-0.2, -0.15) is 0 Å². The van der Waals surface area contributed by atoms with Crippen LogP contribution in [0.3, 0.4) is 0 Å². The summed E-state index contributed by atoms with van der Waals surface area (Å²) in [6.45, 7) is 0. The third-order valence-corrected chi connectivity index (χ3v) is 8.43. The normalized spacial score (nSPS) is 108. The lowest BCUT2D eigenvalue weighted by atomic mass is 9.20. The Kier molecular flexibility index (Phi) is 0.257. The lowest BCUT2D eigenvalue weighted by Crippen LogP contribution is -2.78. The van der Waals surface area contributed by atoms with Gasteiger partial charge in [0.15, 0.2) is 0 Å². The molecule has 8 bridgehead atoms. The number of hydrogen-bond acceptors (Lipinski definition) is 0. The first-order valence-electron chi connectivity index (χ1n) is 5.86. The van der Waals surface area contributed by atoms with Crippen LogP contribution in [0.25, 0.3) is 0 Å². The Bertz CT molecular complexity index is 420. The van der Waals surface area contributed by atoms with E-state index in [2.05, 4.69) is 0 Å². The molecule has 11 fully saturated rings. The molecule has 0 aromatic carbocycles. The Balaban J connectivity index is 1.81. The van der Waals surface area contributed by atoms with E-state index in [1.807, 2.05) is 0 Å². The van der Waals surface area contributed by atoms with E-state index >= 15 is 0 Å². The van der Waals surface area contributed by atoms with E-state index in [9.17, 15) is 0 Å². The van der Waals surface area contributed by atoms with Crippen LogP contribution in [0.5, 0.6) is 0 Å². The summed E-state index contributed by atoms with van der Waals surface area (Å²) in [5.41, 5.74) is 4.28. The SMILES string of the molecule is C1C2CC34C2CC25CC36C2C46C15. The van der Waals surface area contributed by atoms with E-state index in [0.29, 0.717) is 0 Å². The summed E-state index contributed by atoms with van der Waals surface area (Å²) < 4.78 is 0. The fraction of sp³-hybridized carbons (Fsp3) is 1.00. The van der Waals surface area contributed by atoms with Gasteiger partial charge in [-0.05, 0) is 71.0 Å². The summed E-state index contributed by atoms with van der Waals surface area (Å²) in [5.74, 6) is 5.19. The molecular weight excluding hydrogens is 144 g/mol. The third-order valence-electron chi connectivity index (χ3n) is 8.43. The lowest BCUT2D eigenvalue weighted by molar-refractivity contribution is -0.361. The molecule has 8 atom stereocenters. The molecule has 0 heterocycles. The average Bonchev–Trinajstić information content (AvgIpc) is 2.61. The van der Waals surface area contributed by atoms with E-state index < -0.39 is 0 Å². The number of rotatable bonds is 0. The molecule has 4 spiro atoms. The number of hydrogen-bond donors (Lipinski definition) is 0. The molecule has 11 rings (SSSR count). The molecule has 0 radical (unpaired) electrons. The van der Waals surface area contributed by atoms with E-state index in [1.165, 1.54) is 23.7 Å². The summed E-state index contributed by atoms with van der Waals surface area (Å²) in [6, 6.07) is 0. The van der Waals surface area contributed by atoms with Crippen LogP contribution in [0, 0.1) is 45.3 Å². The molecule has 0 saturated heterocycles. The monoisotopic (exact) mass is 156 g/mol. The fourth-order valence-electron chi connectivity index (χ4n) is 9.14.